The molecule has 1 N–H and O–H groups in total. The Bertz CT molecular complexity index is 909. The maximum Gasteiger partial charge on any atom is 0.203 e. The number of nitrogens with one attached hydrogen (secondary N) is 1. The largest absolute Gasteiger partial charge is 0.493 e. The number of benzene rings is 2. The van der Waals surface area contributed by atoms with E-state index < -0.39 is 0 Å². The number of hydrogen-bond donors (Lipinski definition) is 1. The lowest BCUT2D eigenvalue weighted by Crippen LogP contribution is -2.41. The van der Waals surface area contributed by atoms with Gasteiger partial charge < -0.3 is 33.9 Å². The van der Waals surface area contributed by atoms with Crippen molar-refractivity contribution in [2.45, 2.75) is 19.4 Å². The molecular formula is C22H28N2O5S. The van der Waals surface area contributed by atoms with Crippen molar-refractivity contribution in [2.75, 3.05) is 47.4 Å². The van der Waals surface area contributed by atoms with Gasteiger partial charge in [-0.15, -0.1) is 0 Å². The van der Waals surface area contributed by atoms with Gasteiger partial charge in [-0.05, 0) is 48.8 Å². The lowest BCUT2D eigenvalue weighted by Gasteiger charge is -2.37. The first-order chi connectivity index (χ1) is 14.5. The molecule has 0 spiro atoms. The van der Waals surface area contributed by atoms with Crippen LogP contribution in [-0.2, 0) is 6.42 Å². The molecule has 2 aromatic carbocycles. The molecule has 0 aliphatic carbocycles. The fraction of sp³-hybridized carbons (Fsp3) is 0.409. The van der Waals surface area contributed by atoms with Gasteiger partial charge in [0.25, 0.3) is 0 Å². The summed E-state index contributed by atoms with van der Waals surface area (Å²) >= 11 is 5.74. The molecule has 0 saturated heterocycles. The highest BCUT2D eigenvalue weighted by molar-refractivity contribution is 7.80. The third kappa shape index (κ3) is 4.05. The minimum Gasteiger partial charge on any atom is -0.493 e. The number of anilines is 1. The second-order valence-corrected chi connectivity index (χ2v) is 7.26. The van der Waals surface area contributed by atoms with Crippen LogP contribution >= 0.6 is 12.2 Å². The quantitative estimate of drug-likeness (QED) is 0.686. The second kappa shape index (κ2) is 9.30. The van der Waals surface area contributed by atoms with Gasteiger partial charge in [-0.25, -0.2) is 0 Å². The van der Waals surface area contributed by atoms with Crippen LogP contribution in [0.25, 0.3) is 0 Å². The number of nitrogens with zero attached hydrogens (tertiary/aromatic N) is 1. The van der Waals surface area contributed by atoms with E-state index in [9.17, 15) is 0 Å². The van der Waals surface area contributed by atoms with Crippen LogP contribution in [0.5, 0.6) is 28.7 Å². The van der Waals surface area contributed by atoms with Crippen LogP contribution in [0.4, 0.5) is 5.69 Å². The van der Waals surface area contributed by atoms with E-state index in [1.165, 1.54) is 11.1 Å². The molecule has 3 rings (SSSR count). The van der Waals surface area contributed by atoms with E-state index in [0.29, 0.717) is 28.1 Å². The monoisotopic (exact) mass is 432 g/mol. The number of hydrogen-bond acceptors (Lipinski definition) is 6. The van der Waals surface area contributed by atoms with E-state index in [0.717, 1.165) is 24.4 Å². The van der Waals surface area contributed by atoms with Crippen molar-refractivity contribution in [3.05, 3.63) is 35.4 Å². The summed E-state index contributed by atoms with van der Waals surface area (Å²) in [5, 5.41) is 3.93. The highest BCUT2D eigenvalue weighted by Gasteiger charge is 2.28. The summed E-state index contributed by atoms with van der Waals surface area (Å²) in [6, 6.07) is 7.84. The minimum atomic E-state index is 0.0793. The molecule has 0 amide bonds. The van der Waals surface area contributed by atoms with Crippen molar-refractivity contribution in [2.24, 2.45) is 0 Å². The van der Waals surface area contributed by atoms with Crippen LogP contribution < -0.4 is 29.0 Å². The average molecular weight is 433 g/mol. The molecule has 30 heavy (non-hydrogen) atoms. The fourth-order valence-electron chi connectivity index (χ4n) is 3.77. The summed E-state index contributed by atoms with van der Waals surface area (Å²) < 4.78 is 27.2. The molecule has 7 nitrogen and oxygen atoms in total. The molecule has 162 valence electrons. The summed E-state index contributed by atoms with van der Waals surface area (Å²) in [7, 11) is 8.05. The molecule has 0 aromatic heterocycles. The normalized spacial score (nSPS) is 15.1. The zero-order valence-electron chi connectivity index (χ0n) is 18.2. The van der Waals surface area contributed by atoms with Crippen LogP contribution in [0, 0.1) is 0 Å². The Kier molecular flexibility index (Phi) is 6.77. The van der Waals surface area contributed by atoms with Crippen LogP contribution in [0.15, 0.2) is 24.3 Å². The molecule has 1 atom stereocenters. The molecule has 0 saturated carbocycles. The zero-order chi connectivity index (χ0) is 21.8. The van der Waals surface area contributed by atoms with E-state index in [1.807, 2.05) is 18.2 Å². The highest BCUT2D eigenvalue weighted by atomic mass is 32.1. The van der Waals surface area contributed by atoms with Gasteiger partial charge in [0.2, 0.25) is 5.75 Å². The van der Waals surface area contributed by atoms with Gasteiger partial charge in [-0.3, -0.25) is 0 Å². The van der Waals surface area contributed by atoms with E-state index in [-0.39, 0.29) is 6.04 Å². The Balaban J connectivity index is 1.85. The predicted octanol–water partition coefficient (Wildman–Crippen LogP) is 4.05. The van der Waals surface area contributed by atoms with Gasteiger partial charge in [0.05, 0.1) is 41.6 Å². The van der Waals surface area contributed by atoms with Crippen LogP contribution in [0.1, 0.15) is 24.1 Å². The molecule has 0 fully saturated rings. The average Bonchev–Trinajstić information content (AvgIpc) is 2.77. The molecule has 8 heteroatoms. The van der Waals surface area contributed by atoms with E-state index in [2.05, 4.69) is 23.2 Å². The third-order valence-corrected chi connectivity index (χ3v) is 5.70. The first-order valence-electron chi connectivity index (χ1n) is 9.59. The Morgan fingerprint density at radius 2 is 1.43 bits per heavy atom. The Morgan fingerprint density at radius 1 is 0.867 bits per heavy atom. The lowest BCUT2D eigenvalue weighted by atomic mass is 9.93. The SMILES string of the molecule is COc1cc2c(cc1OC)C(C)N(C(=S)Nc1cc(OC)c(OC)c(OC)c1)CC2. The van der Waals surface area contributed by atoms with Gasteiger partial charge in [0.1, 0.15) is 0 Å². The highest BCUT2D eigenvalue weighted by Crippen LogP contribution is 2.41. The number of fused-ring (bicyclic) bond motifs is 1. The molecule has 1 heterocycles. The van der Waals surface area contributed by atoms with Crippen molar-refractivity contribution in [1.29, 1.82) is 0 Å². The summed E-state index contributed by atoms with van der Waals surface area (Å²) in [5.41, 5.74) is 3.18. The molecule has 1 aliphatic heterocycles. The van der Waals surface area contributed by atoms with Gasteiger partial charge >= 0.3 is 0 Å². The van der Waals surface area contributed by atoms with Crippen molar-refractivity contribution in [3.63, 3.8) is 0 Å². The van der Waals surface area contributed by atoms with Crippen molar-refractivity contribution < 1.29 is 23.7 Å². The molecule has 1 unspecified atom stereocenters. The van der Waals surface area contributed by atoms with Crippen molar-refractivity contribution in [3.8, 4) is 28.7 Å². The van der Waals surface area contributed by atoms with Crippen LogP contribution in [0.3, 0.4) is 0 Å². The van der Waals surface area contributed by atoms with E-state index in [1.54, 1.807) is 35.5 Å². The minimum absolute atomic E-state index is 0.0793. The molecule has 0 bridgehead atoms. The fourth-order valence-corrected chi connectivity index (χ4v) is 4.14. The van der Waals surface area contributed by atoms with Crippen molar-refractivity contribution >= 4 is 23.0 Å². The summed E-state index contributed by atoms with van der Waals surface area (Å²) in [6.45, 7) is 2.92. The molecule has 1 aliphatic rings. The predicted molar refractivity (Wildman–Crippen MR) is 121 cm³/mol. The summed E-state index contributed by atoms with van der Waals surface area (Å²) in [6.07, 6.45) is 0.858. The van der Waals surface area contributed by atoms with Gasteiger partial charge in [0.15, 0.2) is 28.1 Å². The molecular weight excluding hydrogens is 404 g/mol. The topological polar surface area (TPSA) is 61.4 Å². The van der Waals surface area contributed by atoms with Gasteiger partial charge in [-0.2, -0.15) is 0 Å². The smallest absolute Gasteiger partial charge is 0.203 e. The van der Waals surface area contributed by atoms with Crippen molar-refractivity contribution in [1.82, 2.24) is 4.90 Å². The number of thiocarbonyl (C=S) groups is 1. The van der Waals surface area contributed by atoms with Gasteiger partial charge in [0, 0.05) is 24.4 Å². The first-order valence-corrected chi connectivity index (χ1v) is 10.0. The van der Waals surface area contributed by atoms with Crippen LogP contribution in [-0.4, -0.2) is 52.1 Å². The number of methoxy groups -OCH3 is 5. The summed E-state index contributed by atoms with van der Waals surface area (Å²) in [5.74, 6) is 3.13. The number of rotatable bonds is 6. The van der Waals surface area contributed by atoms with E-state index >= 15 is 0 Å². The summed E-state index contributed by atoms with van der Waals surface area (Å²) in [4.78, 5) is 2.16. The van der Waals surface area contributed by atoms with Gasteiger partial charge in [-0.1, -0.05) is 0 Å². The Labute approximate surface area is 182 Å². The molecule has 2 aromatic rings. The molecule has 0 radical (unpaired) electrons. The van der Waals surface area contributed by atoms with Crippen LogP contribution in [0.2, 0.25) is 0 Å². The van der Waals surface area contributed by atoms with E-state index in [4.69, 9.17) is 35.9 Å². The lowest BCUT2D eigenvalue weighted by molar-refractivity contribution is 0.315. The first kappa shape index (κ1) is 21.8. The number of ether oxygens (including phenoxy) is 5. The third-order valence-electron chi connectivity index (χ3n) is 5.36. The maximum absolute atomic E-state index is 5.74. The maximum atomic E-state index is 5.74. The second-order valence-electron chi connectivity index (χ2n) is 6.87. The Hall–Kier alpha value is -2.87. The standard InChI is InChI=1S/C22H28N2O5S/c1-13-16-12-18(26-3)17(25-2)9-14(16)7-8-24(13)22(30)23-15-10-19(27-4)21(29-6)20(11-15)28-5/h9-13H,7-8H2,1-6H3,(H,23,30). The zero-order valence-corrected chi connectivity index (χ0v) is 19.0. The Morgan fingerprint density at radius 3 is 1.97 bits per heavy atom.